The number of allylic oxidation sites excluding steroid dienone is 1. The molecule has 28 heavy (non-hydrogen) atoms. The fraction of sp³-hybridized carbons (Fsp3) is 0.105. The zero-order valence-electron chi connectivity index (χ0n) is 14.4. The molecular weight excluding hydrogens is 360 g/mol. The Hall–Kier alpha value is -4.21. The number of nitrogens with two attached hydrogens (primary N) is 1. The van der Waals surface area contributed by atoms with Crippen molar-refractivity contribution in [2.45, 2.75) is 6.17 Å². The second-order valence-corrected chi connectivity index (χ2v) is 5.94. The van der Waals surface area contributed by atoms with Gasteiger partial charge in [0.25, 0.3) is 0 Å². The Labute approximate surface area is 160 Å². The molecule has 0 aromatic heterocycles. The van der Waals surface area contributed by atoms with E-state index in [9.17, 15) is 25.7 Å². The van der Waals surface area contributed by atoms with Gasteiger partial charge in [0.1, 0.15) is 18.2 Å². The summed E-state index contributed by atoms with van der Waals surface area (Å²) in [5.74, 6) is -1.34. The highest BCUT2D eigenvalue weighted by Gasteiger charge is 2.37. The number of nitriles is 2. The molecule has 0 unspecified atom stereocenters. The highest BCUT2D eigenvalue weighted by Crippen LogP contribution is 2.30. The lowest BCUT2D eigenvalue weighted by atomic mass is 9.95. The van der Waals surface area contributed by atoms with Crippen molar-refractivity contribution < 1.29 is 10.0 Å². The third-order valence-electron chi connectivity index (χ3n) is 4.20. The van der Waals surface area contributed by atoms with Crippen molar-refractivity contribution in [2.75, 3.05) is 5.01 Å². The summed E-state index contributed by atoms with van der Waals surface area (Å²) < 4.78 is 0. The van der Waals surface area contributed by atoms with Crippen molar-refractivity contribution in [1.82, 2.24) is 0 Å². The van der Waals surface area contributed by atoms with Crippen molar-refractivity contribution in [3.05, 3.63) is 69.8 Å². The van der Waals surface area contributed by atoms with Crippen LogP contribution in [0.1, 0.15) is 5.56 Å². The van der Waals surface area contributed by atoms with Gasteiger partial charge in [-0.05, 0) is 29.8 Å². The Bertz CT molecular complexity index is 1070. The molecule has 2 aromatic carbocycles. The van der Waals surface area contributed by atoms with Crippen molar-refractivity contribution in [3.63, 3.8) is 0 Å². The van der Waals surface area contributed by atoms with Crippen molar-refractivity contribution >= 4 is 23.2 Å². The van der Waals surface area contributed by atoms with Gasteiger partial charge in [-0.25, -0.2) is 5.01 Å². The molecule has 0 saturated carbocycles. The number of hydrogen-bond acceptors (Lipinski definition) is 8. The molecule has 1 aliphatic rings. The lowest BCUT2D eigenvalue weighted by Crippen LogP contribution is -2.40. The average Bonchev–Trinajstić information content (AvgIpc) is 3.03. The van der Waals surface area contributed by atoms with Crippen LogP contribution in [0, 0.1) is 38.7 Å². The Morgan fingerprint density at radius 1 is 1.29 bits per heavy atom. The molecule has 9 heteroatoms. The van der Waals surface area contributed by atoms with E-state index in [0.717, 1.165) is 6.07 Å². The van der Waals surface area contributed by atoms with Gasteiger partial charge in [-0.2, -0.15) is 15.6 Å². The summed E-state index contributed by atoms with van der Waals surface area (Å²) in [5, 5.41) is 45.5. The lowest BCUT2D eigenvalue weighted by Gasteiger charge is -2.21. The number of nitrogens with zero attached hydrogens (tertiary/aromatic N) is 5. The topological polar surface area (TPSA) is 153 Å². The van der Waals surface area contributed by atoms with Crippen molar-refractivity contribution in [2.24, 2.45) is 16.8 Å². The van der Waals surface area contributed by atoms with E-state index in [-0.39, 0.29) is 11.3 Å². The van der Waals surface area contributed by atoms with Gasteiger partial charge in [0.05, 0.1) is 28.0 Å². The van der Waals surface area contributed by atoms with Gasteiger partial charge in [-0.3, -0.25) is 10.1 Å². The SMILES string of the molecule is N#C/C(=C/c1ccc(O)c([N+](=O)[O-])c1)C1=NN(c2ccccc2)[C@H](N)[C@H]1C#N. The zero-order chi connectivity index (χ0) is 20.3. The van der Waals surface area contributed by atoms with Crippen LogP contribution in [-0.2, 0) is 0 Å². The van der Waals surface area contributed by atoms with Crippen LogP contribution in [0.2, 0.25) is 0 Å². The lowest BCUT2D eigenvalue weighted by molar-refractivity contribution is -0.385. The summed E-state index contributed by atoms with van der Waals surface area (Å²) in [7, 11) is 0. The fourth-order valence-electron chi connectivity index (χ4n) is 2.82. The van der Waals surface area contributed by atoms with Gasteiger partial charge in [-0.1, -0.05) is 24.3 Å². The maximum Gasteiger partial charge on any atom is 0.311 e. The summed E-state index contributed by atoms with van der Waals surface area (Å²) >= 11 is 0. The van der Waals surface area contributed by atoms with Crippen LogP contribution in [0.25, 0.3) is 6.08 Å². The molecule has 0 aliphatic carbocycles. The molecule has 138 valence electrons. The number of phenols is 1. The van der Waals surface area contributed by atoms with E-state index < -0.39 is 28.4 Å². The van der Waals surface area contributed by atoms with Gasteiger partial charge in [0, 0.05) is 6.07 Å². The number of phenolic OH excluding ortho intramolecular Hbond substituents is 1. The summed E-state index contributed by atoms with van der Waals surface area (Å²) in [5.41, 5.74) is 6.88. The highest BCUT2D eigenvalue weighted by molar-refractivity contribution is 6.11. The van der Waals surface area contributed by atoms with Crippen LogP contribution in [-0.4, -0.2) is 21.9 Å². The number of para-hydroxylation sites is 1. The number of rotatable bonds is 4. The van der Waals surface area contributed by atoms with Crippen LogP contribution in [0.5, 0.6) is 5.75 Å². The predicted molar refractivity (Wildman–Crippen MR) is 102 cm³/mol. The predicted octanol–water partition coefficient (Wildman–Crippen LogP) is 2.51. The van der Waals surface area contributed by atoms with E-state index in [1.54, 1.807) is 24.3 Å². The summed E-state index contributed by atoms with van der Waals surface area (Å²) in [4.78, 5) is 10.3. The van der Waals surface area contributed by atoms with Gasteiger partial charge < -0.3 is 10.8 Å². The molecule has 9 nitrogen and oxygen atoms in total. The van der Waals surface area contributed by atoms with Crippen molar-refractivity contribution in [1.29, 1.82) is 10.5 Å². The normalized spacial score (nSPS) is 18.9. The van der Waals surface area contributed by atoms with E-state index in [4.69, 9.17) is 5.73 Å². The van der Waals surface area contributed by atoms with Gasteiger partial charge >= 0.3 is 5.69 Å². The van der Waals surface area contributed by atoms with Crippen molar-refractivity contribution in [3.8, 4) is 17.9 Å². The Morgan fingerprint density at radius 2 is 2.00 bits per heavy atom. The molecule has 0 fully saturated rings. The quantitative estimate of drug-likeness (QED) is 0.473. The molecule has 0 radical (unpaired) electrons. The summed E-state index contributed by atoms with van der Waals surface area (Å²) in [6, 6.07) is 16.8. The van der Waals surface area contributed by atoms with Gasteiger partial charge in [0.15, 0.2) is 5.75 Å². The Kier molecular flexibility index (Phi) is 5.03. The molecule has 1 aliphatic heterocycles. The van der Waals surface area contributed by atoms with Crippen LogP contribution in [0.15, 0.2) is 59.2 Å². The average molecular weight is 374 g/mol. The Balaban J connectivity index is 2.05. The number of hydrogen-bond donors (Lipinski definition) is 2. The van der Waals surface area contributed by atoms with Crippen LogP contribution in [0.4, 0.5) is 11.4 Å². The first-order valence-electron chi connectivity index (χ1n) is 8.14. The minimum atomic E-state index is -0.863. The molecular formula is C19H14N6O3. The molecule has 2 aromatic rings. The number of hydrazone groups is 1. The third kappa shape index (κ3) is 3.38. The number of nitro groups is 1. The standard InChI is InChI=1S/C19H14N6O3/c20-10-13(8-12-6-7-17(26)16(9-12)25(27)28)18-15(11-21)19(22)24(23-18)14-4-2-1-3-5-14/h1-9,15,19,26H,22H2/b13-8-/t15-,19-/m0/s1. The van der Waals surface area contributed by atoms with E-state index in [1.807, 2.05) is 12.1 Å². The van der Waals surface area contributed by atoms with E-state index in [1.165, 1.54) is 23.2 Å². The molecule has 1 heterocycles. The van der Waals surface area contributed by atoms with Crippen LogP contribution >= 0.6 is 0 Å². The minimum absolute atomic E-state index is 0.0559. The van der Waals surface area contributed by atoms with E-state index in [2.05, 4.69) is 11.2 Å². The smallest absolute Gasteiger partial charge is 0.311 e. The first kappa shape index (κ1) is 18.6. The van der Waals surface area contributed by atoms with Gasteiger partial charge in [-0.15, -0.1) is 0 Å². The Morgan fingerprint density at radius 3 is 2.61 bits per heavy atom. The second kappa shape index (κ2) is 7.58. The van der Waals surface area contributed by atoms with E-state index >= 15 is 0 Å². The maximum absolute atomic E-state index is 11.0. The monoisotopic (exact) mass is 374 g/mol. The molecule has 2 atom stereocenters. The first-order valence-corrected chi connectivity index (χ1v) is 8.14. The number of benzene rings is 2. The molecule has 3 N–H and O–H groups in total. The largest absolute Gasteiger partial charge is 0.502 e. The molecule has 0 spiro atoms. The molecule has 3 rings (SSSR count). The van der Waals surface area contributed by atoms with E-state index in [0.29, 0.717) is 11.3 Å². The molecule has 0 bridgehead atoms. The molecule has 0 saturated heterocycles. The minimum Gasteiger partial charge on any atom is -0.502 e. The molecule has 0 amide bonds. The number of aromatic hydroxyl groups is 1. The summed E-state index contributed by atoms with van der Waals surface area (Å²) in [6.07, 6.45) is 0.588. The maximum atomic E-state index is 11.0. The highest BCUT2D eigenvalue weighted by atomic mass is 16.6. The van der Waals surface area contributed by atoms with Crippen LogP contribution in [0.3, 0.4) is 0 Å². The number of anilines is 1. The third-order valence-corrected chi connectivity index (χ3v) is 4.20. The number of nitro benzene ring substituents is 1. The second-order valence-electron chi connectivity index (χ2n) is 5.94. The van der Waals surface area contributed by atoms with Crippen LogP contribution < -0.4 is 10.7 Å². The zero-order valence-corrected chi connectivity index (χ0v) is 14.4. The van der Waals surface area contributed by atoms with Gasteiger partial charge in [0.2, 0.25) is 0 Å². The summed E-state index contributed by atoms with van der Waals surface area (Å²) in [6.45, 7) is 0. The first-order chi connectivity index (χ1) is 13.5. The fourth-order valence-corrected chi connectivity index (χ4v) is 2.82.